The molecule has 0 N–H and O–H groups in total. The standard InChI is InChI=1S/C18H20N4OS/c1-21-11-15(10-19-21)17-9-16(23-20-17)12-22-7-8-24-13-18(22)14-5-3-2-4-6-14/h2-6,9-11,18H,7-8,12-13H2,1H3. The van der Waals surface area contributed by atoms with E-state index < -0.39 is 0 Å². The van der Waals surface area contributed by atoms with Gasteiger partial charge in [0.25, 0.3) is 0 Å². The highest BCUT2D eigenvalue weighted by molar-refractivity contribution is 7.99. The van der Waals surface area contributed by atoms with E-state index in [9.17, 15) is 0 Å². The van der Waals surface area contributed by atoms with Gasteiger partial charge in [-0.25, -0.2) is 0 Å². The number of hydrogen-bond donors (Lipinski definition) is 0. The highest BCUT2D eigenvalue weighted by Crippen LogP contribution is 2.31. The molecule has 1 atom stereocenters. The van der Waals surface area contributed by atoms with E-state index in [-0.39, 0.29) is 0 Å². The summed E-state index contributed by atoms with van der Waals surface area (Å²) in [5.41, 5.74) is 3.21. The minimum atomic E-state index is 0.428. The summed E-state index contributed by atoms with van der Waals surface area (Å²) in [4.78, 5) is 2.49. The molecule has 1 aromatic carbocycles. The van der Waals surface area contributed by atoms with Crippen LogP contribution in [0.2, 0.25) is 0 Å². The Bertz CT molecular complexity index is 798. The van der Waals surface area contributed by atoms with Gasteiger partial charge >= 0.3 is 0 Å². The molecule has 0 saturated carbocycles. The van der Waals surface area contributed by atoms with Gasteiger partial charge in [0.05, 0.1) is 12.7 Å². The fourth-order valence-electron chi connectivity index (χ4n) is 3.09. The van der Waals surface area contributed by atoms with E-state index in [1.54, 1.807) is 4.68 Å². The van der Waals surface area contributed by atoms with Crippen LogP contribution in [0, 0.1) is 0 Å². The van der Waals surface area contributed by atoms with Crippen LogP contribution in [0.3, 0.4) is 0 Å². The molecular formula is C18H20N4OS. The summed E-state index contributed by atoms with van der Waals surface area (Å²) < 4.78 is 7.35. The molecule has 2 aromatic heterocycles. The third-order valence-corrected chi connectivity index (χ3v) is 5.36. The normalized spacial score (nSPS) is 18.8. The molecule has 24 heavy (non-hydrogen) atoms. The number of aryl methyl sites for hydroxylation is 1. The van der Waals surface area contributed by atoms with Crippen molar-refractivity contribution in [2.24, 2.45) is 7.05 Å². The molecule has 1 fully saturated rings. The van der Waals surface area contributed by atoms with Crippen molar-refractivity contribution in [3.8, 4) is 11.3 Å². The molecule has 1 aliphatic rings. The monoisotopic (exact) mass is 340 g/mol. The highest BCUT2D eigenvalue weighted by atomic mass is 32.2. The molecule has 0 radical (unpaired) electrons. The quantitative estimate of drug-likeness (QED) is 0.729. The van der Waals surface area contributed by atoms with Gasteiger partial charge in [-0.05, 0) is 5.56 Å². The Morgan fingerprint density at radius 2 is 2.17 bits per heavy atom. The van der Waals surface area contributed by atoms with Crippen LogP contribution < -0.4 is 0 Å². The minimum absolute atomic E-state index is 0.428. The first kappa shape index (κ1) is 15.5. The fraction of sp³-hybridized carbons (Fsp3) is 0.333. The van der Waals surface area contributed by atoms with E-state index in [0.717, 1.165) is 41.6 Å². The SMILES string of the molecule is Cn1cc(-c2cc(CN3CCSCC3c3ccccc3)on2)cn1. The van der Waals surface area contributed by atoms with Gasteiger partial charge in [-0.3, -0.25) is 9.58 Å². The van der Waals surface area contributed by atoms with Crippen molar-refractivity contribution in [1.29, 1.82) is 0 Å². The van der Waals surface area contributed by atoms with Crippen LogP contribution in [-0.4, -0.2) is 37.9 Å². The highest BCUT2D eigenvalue weighted by Gasteiger charge is 2.25. The summed E-state index contributed by atoms with van der Waals surface area (Å²) in [6.45, 7) is 1.85. The fourth-order valence-corrected chi connectivity index (χ4v) is 4.24. The third kappa shape index (κ3) is 3.25. The van der Waals surface area contributed by atoms with E-state index in [0.29, 0.717) is 6.04 Å². The van der Waals surface area contributed by atoms with Gasteiger partial charge < -0.3 is 4.52 Å². The number of benzene rings is 1. The molecule has 5 nitrogen and oxygen atoms in total. The van der Waals surface area contributed by atoms with Crippen molar-refractivity contribution >= 4 is 11.8 Å². The maximum absolute atomic E-state index is 5.58. The van der Waals surface area contributed by atoms with Crippen LogP contribution in [-0.2, 0) is 13.6 Å². The average molecular weight is 340 g/mol. The summed E-state index contributed by atoms with van der Waals surface area (Å²) in [5, 5.41) is 8.39. The van der Waals surface area contributed by atoms with E-state index in [4.69, 9.17) is 4.52 Å². The summed E-state index contributed by atoms with van der Waals surface area (Å²) >= 11 is 2.02. The Kier molecular flexibility index (Phi) is 4.40. The van der Waals surface area contributed by atoms with Crippen LogP contribution in [0.1, 0.15) is 17.4 Å². The number of nitrogens with zero attached hydrogens (tertiary/aromatic N) is 4. The van der Waals surface area contributed by atoms with Gasteiger partial charge in [0.15, 0.2) is 5.76 Å². The van der Waals surface area contributed by atoms with E-state index in [2.05, 4.69) is 45.5 Å². The summed E-state index contributed by atoms with van der Waals surface area (Å²) in [6, 6.07) is 13.2. The van der Waals surface area contributed by atoms with E-state index in [1.165, 1.54) is 5.56 Å². The maximum Gasteiger partial charge on any atom is 0.151 e. The molecule has 3 heterocycles. The first-order valence-corrected chi connectivity index (χ1v) is 9.26. The van der Waals surface area contributed by atoms with Gasteiger partial charge in [-0.2, -0.15) is 16.9 Å². The number of aromatic nitrogens is 3. The lowest BCUT2D eigenvalue weighted by molar-refractivity contribution is 0.187. The smallest absolute Gasteiger partial charge is 0.151 e. The van der Waals surface area contributed by atoms with Crippen LogP contribution >= 0.6 is 11.8 Å². The maximum atomic E-state index is 5.58. The van der Waals surface area contributed by atoms with Gasteiger partial charge in [-0.1, -0.05) is 35.5 Å². The topological polar surface area (TPSA) is 47.1 Å². The summed E-state index contributed by atoms with van der Waals surface area (Å²) in [6.07, 6.45) is 3.76. The molecule has 0 bridgehead atoms. The lowest BCUT2D eigenvalue weighted by Gasteiger charge is -2.34. The van der Waals surface area contributed by atoms with Crippen LogP contribution in [0.15, 0.2) is 53.3 Å². The molecule has 3 aromatic rings. The second-order valence-electron chi connectivity index (χ2n) is 6.05. The number of hydrogen-bond acceptors (Lipinski definition) is 5. The van der Waals surface area contributed by atoms with Crippen molar-refractivity contribution in [2.75, 3.05) is 18.1 Å². The third-order valence-electron chi connectivity index (χ3n) is 4.34. The van der Waals surface area contributed by atoms with Crippen LogP contribution in [0.5, 0.6) is 0 Å². The zero-order chi connectivity index (χ0) is 16.4. The predicted octanol–water partition coefficient (Wildman–Crippen LogP) is 3.37. The largest absolute Gasteiger partial charge is 0.359 e. The Morgan fingerprint density at radius 3 is 2.96 bits per heavy atom. The van der Waals surface area contributed by atoms with Crippen molar-refractivity contribution in [2.45, 2.75) is 12.6 Å². The Hall–Kier alpha value is -2.05. The molecule has 124 valence electrons. The Labute approximate surface area is 145 Å². The molecule has 1 unspecified atom stereocenters. The summed E-state index contributed by atoms with van der Waals surface area (Å²) in [5.74, 6) is 3.18. The van der Waals surface area contributed by atoms with Gasteiger partial charge in [0.2, 0.25) is 0 Å². The zero-order valence-electron chi connectivity index (χ0n) is 13.6. The molecule has 6 heteroatoms. The molecular weight excluding hydrogens is 320 g/mol. The Balaban J connectivity index is 1.52. The van der Waals surface area contributed by atoms with Crippen molar-refractivity contribution < 1.29 is 4.52 Å². The van der Waals surface area contributed by atoms with E-state index in [1.807, 2.05) is 37.3 Å². The molecule has 4 rings (SSSR count). The second-order valence-corrected chi connectivity index (χ2v) is 7.20. The minimum Gasteiger partial charge on any atom is -0.359 e. The molecule has 0 amide bonds. The van der Waals surface area contributed by atoms with Crippen molar-refractivity contribution in [3.05, 3.63) is 60.1 Å². The predicted molar refractivity (Wildman–Crippen MR) is 95.6 cm³/mol. The van der Waals surface area contributed by atoms with Crippen molar-refractivity contribution in [3.63, 3.8) is 0 Å². The van der Waals surface area contributed by atoms with Crippen LogP contribution in [0.4, 0.5) is 0 Å². The van der Waals surface area contributed by atoms with Gasteiger partial charge in [0.1, 0.15) is 5.69 Å². The molecule has 1 saturated heterocycles. The average Bonchev–Trinajstić information content (AvgIpc) is 3.25. The first-order chi connectivity index (χ1) is 11.8. The zero-order valence-corrected chi connectivity index (χ0v) is 14.4. The summed E-state index contributed by atoms with van der Waals surface area (Å²) in [7, 11) is 1.90. The van der Waals surface area contributed by atoms with Gasteiger partial charge in [-0.15, -0.1) is 0 Å². The molecule has 0 spiro atoms. The van der Waals surface area contributed by atoms with E-state index >= 15 is 0 Å². The molecule has 1 aliphatic heterocycles. The van der Waals surface area contributed by atoms with Gasteiger partial charge in [0, 0.05) is 49.0 Å². The Morgan fingerprint density at radius 1 is 1.29 bits per heavy atom. The first-order valence-electron chi connectivity index (χ1n) is 8.11. The second kappa shape index (κ2) is 6.83. The number of thioether (sulfide) groups is 1. The van der Waals surface area contributed by atoms with Crippen molar-refractivity contribution in [1.82, 2.24) is 19.8 Å². The lowest BCUT2D eigenvalue weighted by Crippen LogP contribution is -2.35. The lowest BCUT2D eigenvalue weighted by atomic mass is 10.1. The molecule has 0 aliphatic carbocycles. The van der Waals surface area contributed by atoms with Crippen LogP contribution in [0.25, 0.3) is 11.3 Å². The number of rotatable bonds is 4.